The number of rotatable bonds is 9. The fourth-order valence-electron chi connectivity index (χ4n) is 3.50. The number of aryl methyl sites for hydroxylation is 1. The molecule has 0 aliphatic carbocycles. The lowest BCUT2D eigenvalue weighted by molar-refractivity contribution is -0.123. The number of amides is 2. The average Bonchev–Trinajstić information content (AvgIpc) is 3.11. The molecule has 1 heterocycles. The topological polar surface area (TPSA) is 65.1 Å². The van der Waals surface area contributed by atoms with Gasteiger partial charge in [-0.15, -0.1) is 0 Å². The SMILES string of the molecule is COc1cc(/C=C2\SC(=O)N(CCOc3cccc(C)c3)C2=O)cc(Cl)c1OCc1ccc(F)cc1. The lowest BCUT2D eigenvalue weighted by Gasteiger charge is -2.14. The van der Waals surface area contributed by atoms with E-state index in [0.717, 1.165) is 27.8 Å². The van der Waals surface area contributed by atoms with Gasteiger partial charge in [-0.05, 0) is 77.9 Å². The van der Waals surface area contributed by atoms with Gasteiger partial charge in [0, 0.05) is 0 Å². The van der Waals surface area contributed by atoms with Crippen molar-refractivity contribution in [3.63, 3.8) is 0 Å². The number of methoxy groups -OCH3 is 1. The Hall–Kier alpha value is -3.49. The monoisotopic (exact) mass is 527 g/mol. The van der Waals surface area contributed by atoms with Crippen LogP contribution >= 0.6 is 23.4 Å². The van der Waals surface area contributed by atoms with Crippen LogP contribution in [0.4, 0.5) is 9.18 Å². The number of carbonyl (C=O) groups excluding carboxylic acids is 2. The molecule has 186 valence electrons. The lowest BCUT2D eigenvalue weighted by atomic mass is 10.1. The van der Waals surface area contributed by atoms with E-state index in [4.69, 9.17) is 25.8 Å². The summed E-state index contributed by atoms with van der Waals surface area (Å²) in [5.74, 6) is 0.635. The molecule has 6 nitrogen and oxygen atoms in total. The Bertz CT molecular complexity index is 1310. The minimum atomic E-state index is -0.399. The van der Waals surface area contributed by atoms with E-state index in [-0.39, 0.29) is 40.7 Å². The van der Waals surface area contributed by atoms with E-state index in [1.165, 1.54) is 19.2 Å². The van der Waals surface area contributed by atoms with E-state index < -0.39 is 5.91 Å². The van der Waals surface area contributed by atoms with Gasteiger partial charge >= 0.3 is 0 Å². The van der Waals surface area contributed by atoms with Gasteiger partial charge in [0.05, 0.1) is 23.6 Å². The molecule has 1 aliphatic heterocycles. The summed E-state index contributed by atoms with van der Waals surface area (Å²) in [4.78, 5) is 26.7. The number of halogens is 2. The largest absolute Gasteiger partial charge is 0.493 e. The van der Waals surface area contributed by atoms with Gasteiger partial charge in [-0.2, -0.15) is 0 Å². The maximum absolute atomic E-state index is 13.1. The molecule has 2 amide bonds. The molecule has 1 fully saturated rings. The normalized spacial score (nSPS) is 14.4. The lowest BCUT2D eigenvalue weighted by Crippen LogP contribution is -2.32. The number of hydrogen-bond acceptors (Lipinski definition) is 6. The van der Waals surface area contributed by atoms with Crippen LogP contribution in [0.25, 0.3) is 6.08 Å². The summed E-state index contributed by atoms with van der Waals surface area (Å²) in [6, 6.07) is 16.8. The van der Waals surface area contributed by atoms with Crippen LogP contribution in [0.3, 0.4) is 0 Å². The second kappa shape index (κ2) is 11.5. The molecule has 0 N–H and O–H groups in total. The van der Waals surface area contributed by atoms with Gasteiger partial charge in [-0.25, -0.2) is 4.39 Å². The molecule has 9 heteroatoms. The van der Waals surface area contributed by atoms with Crippen LogP contribution in [0.1, 0.15) is 16.7 Å². The first-order chi connectivity index (χ1) is 17.3. The average molecular weight is 528 g/mol. The van der Waals surface area contributed by atoms with E-state index in [1.807, 2.05) is 31.2 Å². The third kappa shape index (κ3) is 6.19. The van der Waals surface area contributed by atoms with Crippen molar-refractivity contribution in [2.75, 3.05) is 20.3 Å². The number of benzene rings is 3. The van der Waals surface area contributed by atoms with Gasteiger partial charge in [0.1, 0.15) is 24.8 Å². The standard InChI is InChI=1S/C27H23ClFNO5S/c1-17-4-3-5-21(12-17)34-11-10-30-26(31)24(36-27(30)32)15-19-13-22(28)25(23(14-19)33-2)35-16-18-6-8-20(29)9-7-18/h3-9,12-15H,10-11,16H2,1-2H3/b24-15-. The number of carbonyl (C=O) groups is 2. The molecule has 0 atom stereocenters. The summed E-state index contributed by atoms with van der Waals surface area (Å²) in [5, 5.41) is -0.0927. The summed E-state index contributed by atoms with van der Waals surface area (Å²) >= 11 is 7.30. The molecule has 3 aromatic carbocycles. The Morgan fingerprint density at radius 3 is 2.56 bits per heavy atom. The predicted molar refractivity (Wildman–Crippen MR) is 138 cm³/mol. The summed E-state index contributed by atoms with van der Waals surface area (Å²) < 4.78 is 30.0. The van der Waals surface area contributed by atoms with Gasteiger partial charge in [0.25, 0.3) is 11.1 Å². The highest BCUT2D eigenvalue weighted by atomic mass is 35.5. The van der Waals surface area contributed by atoms with Crippen LogP contribution < -0.4 is 14.2 Å². The minimum Gasteiger partial charge on any atom is -0.493 e. The Kier molecular flexibility index (Phi) is 8.18. The van der Waals surface area contributed by atoms with E-state index in [9.17, 15) is 14.0 Å². The zero-order valence-corrected chi connectivity index (χ0v) is 21.2. The number of hydrogen-bond donors (Lipinski definition) is 0. The maximum Gasteiger partial charge on any atom is 0.293 e. The molecule has 0 radical (unpaired) electrons. The van der Waals surface area contributed by atoms with Crippen molar-refractivity contribution in [1.29, 1.82) is 0 Å². The van der Waals surface area contributed by atoms with Crippen molar-refractivity contribution >= 4 is 40.6 Å². The molecule has 1 saturated heterocycles. The van der Waals surface area contributed by atoms with Crippen molar-refractivity contribution in [2.45, 2.75) is 13.5 Å². The van der Waals surface area contributed by atoms with Crippen LogP contribution in [0.15, 0.2) is 65.6 Å². The molecular weight excluding hydrogens is 505 g/mol. The Morgan fingerprint density at radius 1 is 1.06 bits per heavy atom. The molecule has 3 aromatic rings. The zero-order valence-electron chi connectivity index (χ0n) is 19.6. The third-order valence-electron chi connectivity index (χ3n) is 5.29. The molecular formula is C27H23ClFNO5S. The van der Waals surface area contributed by atoms with Gasteiger partial charge < -0.3 is 14.2 Å². The van der Waals surface area contributed by atoms with E-state index in [2.05, 4.69) is 0 Å². The van der Waals surface area contributed by atoms with E-state index in [0.29, 0.717) is 22.8 Å². The molecule has 1 aliphatic rings. The Labute approximate surface area is 217 Å². The van der Waals surface area contributed by atoms with Crippen molar-refractivity contribution in [1.82, 2.24) is 4.90 Å². The number of ether oxygens (including phenoxy) is 3. The zero-order chi connectivity index (χ0) is 25.7. The van der Waals surface area contributed by atoms with Crippen molar-refractivity contribution in [2.24, 2.45) is 0 Å². The molecule has 0 saturated carbocycles. The fraction of sp³-hybridized carbons (Fsp3) is 0.185. The van der Waals surface area contributed by atoms with Crippen molar-refractivity contribution < 1.29 is 28.2 Å². The van der Waals surface area contributed by atoms with Crippen LogP contribution in [-0.4, -0.2) is 36.3 Å². The molecule has 0 bridgehead atoms. The Balaban J connectivity index is 1.43. The van der Waals surface area contributed by atoms with Gasteiger partial charge in [0.15, 0.2) is 11.5 Å². The highest BCUT2D eigenvalue weighted by Crippen LogP contribution is 2.39. The van der Waals surface area contributed by atoms with Crippen LogP contribution in [0, 0.1) is 12.7 Å². The van der Waals surface area contributed by atoms with Gasteiger partial charge in [0.2, 0.25) is 0 Å². The summed E-state index contributed by atoms with van der Waals surface area (Å²) in [5.41, 5.74) is 2.40. The maximum atomic E-state index is 13.1. The quantitative estimate of drug-likeness (QED) is 0.296. The van der Waals surface area contributed by atoms with Gasteiger partial charge in [-0.3, -0.25) is 14.5 Å². The fourth-order valence-corrected chi connectivity index (χ4v) is 4.64. The first-order valence-corrected chi connectivity index (χ1v) is 12.2. The predicted octanol–water partition coefficient (Wildman–Crippen LogP) is 6.49. The molecule has 0 spiro atoms. The first kappa shape index (κ1) is 25.6. The minimum absolute atomic E-state index is 0.135. The van der Waals surface area contributed by atoms with Crippen LogP contribution in [0.2, 0.25) is 5.02 Å². The van der Waals surface area contributed by atoms with E-state index >= 15 is 0 Å². The second-order valence-electron chi connectivity index (χ2n) is 7.95. The summed E-state index contributed by atoms with van der Waals surface area (Å²) in [6.45, 7) is 2.45. The molecule has 4 rings (SSSR count). The molecule has 36 heavy (non-hydrogen) atoms. The summed E-state index contributed by atoms with van der Waals surface area (Å²) in [7, 11) is 1.47. The molecule has 0 aromatic heterocycles. The van der Waals surface area contributed by atoms with Gasteiger partial charge in [-0.1, -0.05) is 35.9 Å². The Morgan fingerprint density at radius 2 is 1.83 bits per heavy atom. The first-order valence-electron chi connectivity index (χ1n) is 11.0. The van der Waals surface area contributed by atoms with E-state index in [1.54, 1.807) is 30.3 Å². The highest BCUT2D eigenvalue weighted by molar-refractivity contribution is 8.18. The van der Waals surface area contributed by atoms with Crippen molar-refractivity contribution in [3.8, 4) is 17.2 Å². The van der Waals surface area contributed by atoms with Crippen LogP contribution in [-0.2, 0) is 11.4 Å². The second-order valence-corrected chi connectivity index (χ2v) is 9.35. The number of imide groups is 1. The van der Waals surface area contributed by atoms with Crippen molar-refractivity contribution in [3.05, 3.63) is 93.1 Å². The number of thioether (sulfide) groups is 1. The van der Waals surface area contributed by atoms with Crippen LogP contribution in [0.5, 0.6) is 17.2 Å². The molecule has 0 unspecified atom stereocenters. The summed E-state index contributed by atoms with van der Waals surface area (Å²) in [6.07, 6.45) is 1.59. The smallest absolute Gasteiger partial charge is 0.293 e. The third-order valence-corrected chi connectivity index (χ3v) is 6.48. The number of nitrogens with zero attached hydrogens (tertiary/aromatic N) is 1. The highest BCUT2D eigenvalue weighted by Gasteiger charge is 2.35.